The zero-order valence-electron chi connectivity index (χ0n) is 19.6. The van der Waals surface area contributed by atoms with Gasteiger partial charge in [0, 0.05) is 32.8 Å². The van der Waals surface area contributed by atoms with Gasteiger partial charge in [-0.2, -0.15) is 0 Å². The molecule has 0 aliphatic carbocycles. The maximum atomic E-state index is 13.4. The third-order valence-electron chi connectivity index (χ3n) is 6.80. The molecule has 2 saturated heterocycles. The lowest BCUT2D eigenvalue weighted by Crippen LogP contribution is -2.52. The Bertz CT molecular complexity index is 1150. The molecule has 0 aromatic heterocycles. The molecule has 2 fully saturated rings. The smallest absolute Gasteiger partial charge is 0.261 e. The van der Waals surface area contributed by atoms with Crippen molar-refractivity contribution in [2.75, 3.05) is 39.9 Å². The number of carbonyl (C=O) groups excluding carboxylic acids is 4. The highest BCUT2D eigenvalue weighted by atomic mass is 16.5. The largest absolute Gasteiger partial charge is 0.496 e. The van der Waals surface area contributed by atoms with Crippen molar-refractivity contribution in [3.8, 4) is 5.75 Å². The first-order valence-corrected chi connectivity index (χ1v) is 11.8. The molecule has 1 unspecified atom stereocenters. The molecule has 5 rings (SSSR count). The van der Waals surface area contributed by atoms with Crippen LogP contribution in [0.25, 0.3) is 0 Å². The van der Waals surface area contributed by atoms with E-state index in [0.717, 1.165) is 12.8 Å². The molecule has 2 aromatic rings. The Morgan fingerprint density at radius 2 is 1.63 bits per heavy atom. The third kappa shape index (κ3) is 4.27. The molecular formula is C26H27N3O6. The summed E-state index contributed by atoms with van der Waals surface area (Å²) in [6.07, 6.45) is 1.28. The van der Waals surface area contributed by atoms with Gasteiger partial charge in [0.15, 0.2) is 0 Å². The van der Waals surface area contributed by atoms with E-state index in [4.69, 9.17) is 9.47 Å². The van der Waals surface area contributed by atoms with E-state index < -0.39 is 0 Å². The number of hydrogen-bond donors (Lipinski definition) is 0. The van der Waals surface area contributed by atoms with E-state index in [1.54, 1.807) is 52.3 Å². The fourth-order valence-electron chi connectivity index (χ4n) is 4.86. The normalized spacial score (nSPS) is 19.8. The van der Waals surface area contributed by atoms with Gasteiger partial charge in [0.1, 0.15) is 11.9 Å². The molecule has 4 amide bonds. The summed E-state index contributed by atoms with van der Waals surface area (Å²) in [7, 11) is 1.49. The van der Waals surface area contributed by atoms with Crippen LogP contribution in [0, 0.1) is 0 Å². The highest BCUT2D eigenvalue weighted by Crippen LogP contribution is 2.27. The molecule has 9 nitrogen and oxygen atoms in total. The van der Waals surface area contributed by atoms with Crippen molar-refractivity contribution < 1.29 is 28.7 Å². The summed E-state index contributed by atoms with van der Waals surface area (Å²) in [5.74, 6) is -0.493. The van der Waals surface area contributed by atoms with Gasteiger partial charge >= 0.3 is 0 Å². The number of benzene rings is 2. The molecule has 0 saturated carbocycles. The predicted molar refractivity (Wildman–Crippen MR) is 125 cm³/mol. The second-order valence-electron chi connectivity index (χ2n) is 8.90. The lowest BCUT2D eigenvalue weighted by molar-refractivity contribution is -0.142. The van der Waals surface area contributed by atoms with Crippen molar-refractivity contribution in [3.05, 3.63) is 64.7 Å². The van der Waals surface area contributed by atoms with Gasteiger partial charge in [-0.3, -0.25) is 24.1 Å². The molecule has 3 aliphatic rings. The van der Waals surface area contributed by atoms with Crippen molar-refractivity contribution in [1.29, 1.82) is 0 Å². The second kappa shape index (κ2) is 9.50. The Kier molecular flexibility index (Phi) is 6.25. The van der Waals surface area contributed by atoms with Gasteiger partial charge < -0.3 is 19.3 Å². The Labute approximate surface area is 203 Å². The Balaban J connectivity index is 1.29. The monoisotopic (exact) mass is 477 g/mol. The second-order valence-corrected chi connectivity index (χ2v) is 8.90. The molecule has 0 bridgehead atoms. The van der Waals surface area contributed by atoms with Crippen molar-refractivity contribution in [3.63, 3.8) is 0 Å². The van der Waals surface area contributed by atoms with Crippen LogP contribution in [0.5, 0.6) is 5.75 Å². The summed E-state index contributed by atoms with van der Waals surface area (Å²) >= 11 is 0. The van der Waals surface area contributed by atoms with E-state index in [-0.39, 0.29) is 36.3 Å². The van der Waals surface area contributed by atoms with Gasteiger partial charge in [0.2, 0.25) is 0 Å². The van der Waals surface area contributed by atoms with Crippen LogP contribution in [0.1, 0.15) is 49.5 Å². The Morgan fingerprint density at radius 3 is 2.23 bits per heavy atom. The number of ether oxygens (including phenoxy) is 2. The molecule has 182 valence electrons. The van der Waals surface area contributed by atoms with Crippen molar-refractivity contribution in [2.45, 2.75) is 25.5 Å². The summed E-state index contributed by atoms with van der Waals surface area (Å²) in [5.41, 5.74) is 1.78. The minimum Gasteiger partial charge on any atom is -0.496 e. The Morgan fingerprint density at radius 1 is 0.971 bits per heavy atom. The van der Waals surface area contributed by atoms with Crippen LogP contribution < -0.4 is 4.74 Å². The fourth-order valence-corrected chi connectivity index (χ4v) is 4.86. The summed E-state index contributed by atoms with van der Waals surface area (Å²) in [6, 6.07) is 11.8. The van der Waals surface area contributed by atoms with Gasteiger partial charge in [0.25, 0.3) is 23.6 Å². The molecule has 3 aliphatic heterocycles. The minimum absolute atomic E-state index is 0.00452. The molecular weight excluding hydrogens is 450 g/mol. The number of fused-ring (bicyclic) bond motifs is 1. The van der Waals surface area contributed by atoms with E-state index >= 15 is 0 Å². The topological polar surface area (TPSA) is 96.5 Å². The standard InChI is InChI=1S/C26H27N3O6/c1-34-21-9-8-17(16-29-24(31)18-5-2-3-6-19(18)25(29)32)15-20(21)23(30)27-10-12-28(13-11-27)26(33)22-7-4-14-35-22/h2-3,5-6,8-9,15,22H,4,7,10-14,16H2,1H3. The third-order valence-corrected chi connectivity index (χ3v) is 6.80. The Hall–Kier alpha value is -3.72. The quantitative estimate of drug-likeness (QED) is 0.611. The summed E-state index contributed by atoms with van der Waals surface area (Å²) < 4.78 is 10.9. The van der Waals surface area contributed by atoms with Crippen LogP contribution >= 0.6 is 0 Å². The van der Waals surface area contributed by atoms with Crippen LogP contribution in [-0.4, -0.2) is 84.3 Å². The van der Waals surface area contributed by atoms with Crippen LogP contribution in [0.3, 0.4) is 0 Å². The number of piperazine rings is 1. The molecule has 0 radical (unpaired) electrons. The highest BCUT2D eigenvalue weighted by Gasteiger charge is 2.36. The number of imide groups is 1. The molecule has 2 aromatic carbocycles. The van der Waals surface area contributed by atoms with Gasteiger partial charge in [0.05, 0.1) is 30.3 Å². The number of carbonyl (C=O) groups is 4. The van der Waals surface area contributed by atoms with E-state index in [1.807, 2.05) is 0 Å². The molecule has 9 heteroatoms. The van der Waals surface area contributed by atoms with Gasteiger partial charge in [-0.15, -0.1) is 0 Å². The van der Waals surface area contributed by atoms with Gasteiger partial charge in [-0.25, -0.2) is 0 Å². The van der Waals surface area contributed by atoms with Crippen LogP contribution in [0.4, 0.5) is 0 Å². The first kappa shape index (κ1) is 23.0. The average Bonchev–Trinajstić information content (AvgIpc) is 3.52. The number of nitrogens with zero attached hydrogens (tertiary/aromatic N) is 3. The van der Waals surface area contributed by atoms with Gasteiger partial charge in [-0.05, 0) is 42.7 Å². The van der Waals surface area contributed by atoms with E-state index in [1.165, 1.54) is 12.0 Å². The van der Waals surface area contributed by atoms with Crippen LogP contribution in [-0.2, 0) is 16.1 Å². The number of rotatable bonds is 5. The summed E-state index contributed by atoms with van der Waals surface area (Å²) in [4.78, 5) is 56.1. The first-order chi connectivity index (χ1) is 17.0. The van der Waals surface area contributed by atoms with Crippen molar-refractivity contribution >= 4 is 23.6 Å². The summed E-state index contributed by atoms with van der Waals surface area (Å²) in [6.45, 7) is 2.38. The van der Waals surface area contributed by atoms with Crippen molar-refractivity contribution in [2.24, 2.45) is 0 Å². The predicted octanol–water partition coefficient (Wildman–Crippen LogP) is 1.95. The zero-order chi connectivity index (χ0) is 24.5. The van der Waals surface area contributed by atoms with Gasteiger partial charge in [-0.1, -0.05) is 18.2 Å². The molecule has 0 spiro atoms. The molecule has 35 heavy (non-hydrogen) atoms. The average molecular weight is 478 g/mol. The number of methoxy groups -OCH3 is 1. The highest BCUT2D eigenvalue weighted by molar-refractivity contribution is 6.21. The van der Waals surface area contributed by atoms with Crippen LogP contribution in [0.15, 0.2) is 42.5 Å². The van der Waals surface area contributed by atoms with E-state index in [0.29, 0.717) is 60.8 Å². The van der Waals surface area contributed by atoms with E-state index in [2.05, 4.69) is 0 Å². The lowest BCUT2D eigenvalue weighted by Gasteiger charge is -2.36. The van der Waals surface area contributed by atoms with Crippen LogP contribution in [0.2, 0.25) is 0 Å². The molecule has 1 atom stereocenters. The molecule has 3 heterocycles. The maximum Gasteiger partial charge on any atom is 0.261 e. The minimum atomic E-state index is -0.365. The summed E-state index contributed by atoms with van der Waals surface area (Å²) in [5, 5.41) is 0. The zero-order valence-corrected chi connectivity index (χ0v) is 19.6. The van der Waals surface area contributed by atoms with E-state index in [9.17, 15) is 19.2 Å². The SMILES string of the molecule is COc1ccc(CN2C(=O)c3ccccc3C2=O)cc1C(=O)N1CCN(C(=O)C2CCCO2)CC1. The lowest BCUT2D eigenvalue weighted by atomic mass is 10.1. The number of hydrogen-bond acceptors (Lipinski definition) is 6. The van der Waals surface area contributed by atoms with Crippen molar-refractivity contribution in [1.82, 2.24) is 14.7 Å². The number of amides is 4. The fraction of sp³-hybridized carbons (Fsp3) is 0.385. The first-order valence-electron chi connectivity index (χ1n) is 11.8. The molecule has 0 N–H and O–H groups in total. The maximum absolute atomic E-state index is 13.4.